The summed E-state index contributed by atoms with van der Waals surface area (Å²) in [6.07, 6.45) is 6.59. The average molecular weight is 268 g/mol. The minimum absolute atomic E-state index is 0.327. The molecule has 0 bridgehead atoms. The van der Waals surface area contributed by atoms with Crippen LogP contribution in [-0.4, -0.2) is 30.4 Å². The van der Waals surface area contributed by atoms with Crippen molar-refractivity contribution in [3.63, 3.8) is 0 Å². The molecule has 0 radical (unpaired) electrons. The van der Waals surface area contributed by atoms with Crippen LogP contribution in [0.3, 0.4) is 0 Å². The molecule has 1 fully saturated rings. The van der Waals surface area contributed by atoms with E-state index < -0.39 is 0 Å². The molecule has 2 atom stereocenters. The summed E-state index contributed by atoms with van der Waals surface area (Å²) in [6, 6.07) is 0. The van der Waals surface area contributed by atoms with E-state index in [9.17, 15) is 4.79 Å². The lowest BCUT2D eigenvalue weighted by molar-refractivity contribution is -0.132. The van der Waals surface area contributed by atoms with E-state index in [0.717, 1.165) is 25.4 Å². The summed E-state index contributed by atoms with van der Waals surface area (Å²) in [5.74, 6) is 2.12. The van der Waals surface area contributed by atoms with Crippen LogP contribution in [0.1, 0.15) is 59.3 Å². The van der Waals surface area contributed by atoms with Gasteiger partial charge in [0.05, 0.1) is 0 Å². The maximum Gasteiger partial charge on any atom is 0.222 e. The van der Waals surface area contributed by atoms with Crippen LogP contribution in [0.2, 0.25) is 0 Å². The van der Waals surface area contributed by atoms with E-state index in [1.807, 2.05) is 0 Å². The van der Waals surface area contributed by atoms with Gasteiger partial charge in [-0.15, -0.1) is 0 Å². The molecule has 1 amide bonds. The van der Waals surface area contributed by atoms with Gasteiger partial charge in [-0.1, -0.05) is 27.2 Å². The van der Waals surface area contributed by atoms with Crippen molar-refractivity contribution in [2.24, 2.45) is 23.5 Å². The number of nitrogens with zero attached hydrogens (tertiary/aromatic N) is 1. The molecule has 0 aromatic heterocycles. The molecule has 1 heterocycles. The second-order valence-corrected chi connectivity index (χ2v) is 6.52. The molecule has 3 nitrogen and oxygen atoms in total. The van der Waals surface area contributed by atoms with Crippen molar-refractivity contribution in [3.8, 4) is 0 Å². The van der Waals surface area contributed by atoms with Crippen molar-refractivity contribution in [1.82, 2.24) is 4.90 Å². The van der Waals surface area contributed by atoms with Crippen LogP contribution in [0, 0.1) is 17.8 Å². The summed E-state index contributed by atoms with van der Waals surface area (Å²) >= 11 is 0. The number of hydrogen-bond donors (Lipinski definition) is 1. The van der Waals surface area contributed by atoms with Crippen LogP contribution in [-0.2, 0) is 4.79 Å². The standard InChI is InChI=1S/C16H32N2O/c1-4-14-6-5-8-18(9-7-14)16(19)11-15(12-17)10-13(2)3/h13-15H,4-12,17H2,1-3H3. The van der Waals surface area contributed by atoms with E-state index in [0.29, 0.717) is 30.7 Å². The molecule has 112 valence electrons. The van der Waals surface area contributed by atoms with Gasteiger partial charge >= 0.3 is 0 Å². The molecule has 0 spiro atoms. The van der Waals surface area contributed by atoms with Gasteiger partial charge in [-0.2, -0.15) is 0 Å². The van der Waals surface area contributed by atoms with Gasteiger partial charge in [-0.3, -0.25) is 4.79 Å². The summed E-state index contributed by atoms with van der Waals surface area (Å²) in [5, 5.41) is 0. The molecule has 1 aliphatic rings. The number of likely N-dealkylation sites (tertiary alicyclic amines) is 1. The Bertz CT molecular complexity index is 265. The molecule has 0 aliphatic carbocycles. The van der Waals surface area contributed by atoms with Crippen LogP contribution in [0.15, 0.2) is 0 Å². The zero-order chi connectivity index (χ0) is 14.3. The van der Waals surface area contributed by atoms with Crippen molar-refractivity contribution in [2.45, 2.75) is 59.3 Å². The minimum atomic E-state index is 0.327. The first kappa shape index (κ1) is 16.5. The number of nitrogens with two attached hydrogens (primary N) is 1. The van der Waals surface area contributed by atoms with E-state index in [4.69, 9.17) is 5.73 Å². The molecule has 2 N–H and O–H groups in total. The monoisotopic (exact) mass is 268 g/mol. The third-order valence-corrected chi connectivity index (χ3v) is 4.38. The Morgan fingerprint density at radius 1 is 1.32 bits per heavy atom. The molecular formula is C16H32N2O. The lowest BCUT2D eigenvalue weighted by Gasteiger charge is -2.24. The molecule has 0 saturated carbocycles. The Kier molecular flexibility index (Phi) is 7.44. The van der Waals surface area contributed by atoms with Gasteiger partial charge in [0.1, 0.15) is 0 Å². The lowest BCUT2D eigenvalue weighted by Crippen LogP contribution is -2.34. The van der Waals surface area contributed by atoms with Crippen LogP contribution in [0.4, 0.5) is 0 Å². The highest BCUT2D eigenvalue weighted by atomic mass is 16.2. The van der Waals surface area contributed by atoms with Gasteiger partial charge in [-0.05, 0) is 50.0 Å². The number of carbonyl (C=O) groups is 1. The SMILES string of the molecule is CCC1CCCN(C(=O)CC(CN)CC(C)C)CC1. The number of carbonyl (C=O) groups excluding carboxylic acids is 1. The van der Waals surface area contributed by atoms with Gasteiger partial charge in [0.2, 0.25) is 5.91 Å². The Morgan fingerprint density at radius 2 is 2.05 bits per heavy atom. The van der Waals surface area contributed by atoms with Gasteiger partial charge < -0.3 is 10.6 Å². The highest BCUT2D eigenvalue weighted by Crippen LogP contribution is 2.22. The first-order chi connectivity index (χ1) is 9.06. The summed E-state index contributed by atoms with van der Waals surface area (Å²) in [4.78, 5) is 14.4. The topological polar surface area (TPSA) is 46.3 Å². The largest absolute Gasteiger partial charge is 0.343 e. The van der Waals surface area contributed by atoms with Crippen LogP contribution >= 0.6 is 0 Å². The second kappa shape index (κ2) is 8.57. The van der Waals surface area contributed by atoms with Crippen LogP contribution in [0.25, 0.3) is 0 Å². The molecule has 0 aromatic carbocycles. The first-order valence-corrected chi connectivity index (χ1v) is 8.04. The second-order valence-electron chi connectivity index (χ2n) is 6.52. The molecule has 0 aromatic rings. The zero-order valence-corrected chi connectivity index (χ0v) is 13.0. The normalized spacial score (nSPS) is 22.4. The predicted molar refractivity (Wildman–Crippen MR) is 80.8 cm³/mol. The van der Waals surface area contributed by atoms with E-state index in [-0.39, 0.29) is 0 Å². The highest BCUT2D eigenvalue weighted by Gasteiger charge is 2.22. The van der Waals surface area contributed by atoms with Crippen LogP contribution < -0.4 is 5.73 Å². The first-order valence-electron chi connectivity index (χ1n) is 8.04. The summed E-state index contributed by atoms with van der Waals surface area (Å²) in [7, 11) is 0. The predicted octanol–water partition coefficient (Wildman–Crippen LogP) is 3.04. The molecule has 1 aliphatic heterocycles. The molecule has 1 saturated heterocycles. The van der Waals surface area contributed by atoms with E-state index in [1.165, 1.54) is 25.7 Å². The fraction of sp³-hybridized carbons (Fsp3) is 0.938. The molecular weight excluding hydrogens is 236 g/mol. The number of hydrogen-bond acceptors (Lipinski definition) is 2. The maximum atomic E-state index is 12.4. The highest BCUT2D eigenvalue weighted by molar-refractivity contribution is 5.76. The molecule has 2 unspecified atom stereocenters. The Morgan fingerprint density at radius 3 is 2.63 bits per heavy atom. The summed E-state index contributed by atoms with van der Waals surface area (Å²) in [6.45, 7) is 9.20. The Labute approximate surface area is 118 Å². The zero-order valence-electron chi connectivity index (χ0n) is 13.0. The van der Waals surface area contributed by atoms with E-state index in [2.05, 4.69) is 25.7 Å². The Balaban J connectivity index is 2.43. The van der Waals surface area contributed by atoms with Crippen molar-refractivity contribution in [1.29, 1.82) is 0 Å². The quantitative estimate of drug-likeness (QED) is 0.805. The third kappa shape index (κ3) is 5.94. The van der Waals surface area contributed by atoms with E-state index >= 15 is 0 Å². The molecule has 19 heavy (non-hydrogen) atoms. The number of rotatable bonds is 6. The smallest absolute Gasteiger partial charge is 0.222 e. The Hall–Kier alpha value is -0.570. The van der Waals surface area contributed by atoms with Gasteiger partial charge in [0, 0.05) is 19.5 Å². The maximum absolute atomic E-state index is 12.4. The van der Waals surface area contributed by atoms with Crippen LogP contribution in [0.5, 0.6) is 0 Å². The summed E-state index contributed by atoms with van der Waals surface area (Å²) in [5.41, 5.74) is 5.80. The van der Waals surface area contributed by atoms with Gasteiger partial charge in [-0.25, -0.2) is 0 Å². The summed E-state index contributed by atoms with van der Waals surface area (Å²) < 4.78 is 0. The fourth-order valence-electron chi connectivity index (χ4n) is 3.13. The fourth-order valence-corrected chi connectivity index (χ4v) is 3.13. The lowest BCUT2D eigenvalue weighted by atomic mass is 9.93. The minimum Gasteiger partial charge on any atom is -0.343 e. The van der Waals surface area contributed by atoms with E-state index in [1.54, 1.807) is 0 Å². The van der Waals surface area contributed by atoms with Gasteiger partial charge in [0.15, 0.2) is 0 Å². The van der Waals surface area contributed by atoms with Crippen molar-refractivity contribution in [3.05, 3.63) is 0 Å². The van der Waals surface area contributed by atoms with Crippen molar-refractivity contribution < 1.29 is 4.79 Å². The van der Waals surface area contributed by atoms with Gasteiger partial charge in [0.25, 0.3) is 0 Å². The van der Waals surface area contributed by atoms with Crippen molar-refractivity contribution in [2.75, 3.05) is 19.6 Å². The number of amides is 1. The third-order valence-electron chi connectivity index (χ3n) is 4.38. The molecule has 1 rings (SSSR count). The average Bonchev–Trinajstić information content (AvgIpc) is 2.62. The van der Waals surface area contributed by atoms with Crippen molar-refractivity contribution >= 4 is 5.91 Å². The molecule has 3 heteroatoms.